The third kappa shape index (κ3) is 3.98. The van der Waals surface area contributed by atoms with Gasteiger partial charge in [-0.3, -0.25) is 19.7 Å². The number of amides is 2. The predicted molar refractivity (Wildman–Crippen MR) is 126 cm³/mol. The molecule has 2 amide bonds. The number of anilines is 1. The van der Waals surface area contributed by atoms with Crippen molar-refractivity contribution in [1.29, 1.82) is 0 Å². The molecule has 3 aromatic heterocycles. The van der Waals surface area contributed by atoms with E-state index in [1.165, 1.54) is 4.90 Å². The number of nitrogens with one attached hydrogen (secondary N) is 1. The lowest BCUT2D eigenvalue weighted by molar-refractivity contribution is -0.182. The van der Waals surface area contributed by atoms with Crippen LogP contribution >= 0.6 is 0 Å². The number of rotatable bonds is 4. The van der Waals surface area contributed by atoms with Gasteiger partial charge in [0.05, 0.1) is 35.3 Å². The molecule has 1 aliphatic carbocycles. The average Bonchev–Trinajstić information content (AvgIpc) is 3.61. The third-order valence-electron chi connectivity index (χ3n) is 7.78. The van der Waals surface area contributed by atoms with Crippen molar-refractivity contribution in [3.8, 4) is 5.75 Å². The molecule has 1 saturated carbocycles. The number of fused-ring (bicyclic) bond motifs is 3. The number of halogens is 3. The lowest BCUT2D eigenvalue weighted by Gasteiger charge is -2.36. The van der Waals surface area contributed by atoms with E-state index in [-0.39, 0.29) is 31.4 Å². The first kappa shape index (κ1) is 23.7. The molecule has 12 heteroatoms. The van der Waals surface area contributed by atoms with Crippen molar-refractivity contribution in [2.24, 2.45) is 0 Å². The van der Waals surface area contributed by atoms with Crippen LogP contribution in [0.4, 0.5) is 18.9 Å². The van der Waals surface area contributed by atoms with Crippen LogP contribution in [0.15, 0.2) is 36.8 Å². The number of nitrogens with zero attached hydrogens (tertiary/aromatic N) is 5. The Morgan fingerprint density at radius 2 is 2.00 bits per heavy atom. The first-order chi connectivity index (χ1) is 17.8. The number of aromatic amines is 1. The summed E-state index contributed by atoms with van der Waals surface area (Å²) < 4.78 is 46.4. The molecule has 0 bridgehead atoms. The summed E-state index contributed by atoms with van der Waals surface area (Å²) in [4.78, 5) is 37.8. The van der Waals surface area contributed by atoms with Crippen LogP contribution in [0.1, 0.15) is 44.2 Å². The van der Waals surface area contributed by atoms with Crippen LogP contribution in [0.5, 0.6) is 5.75 Å². The van der Waals surface area contributed by atoms with E-state index in [0.717, 1.165) is 10.3 Å². The molecule has 3 aliphatic rings. The van der Waals surface area contributed by atoms with Crippen molar-refractivity contribution in [1.82, 2.24) is 25.1 Å². The molecule has 194 valence electrons. The topological polar surface area (TPSA) is 104 Å². The molecular weight excluding hydrogens is 489 g/mol. The Bertz CT molecular complexity index is 1350. The summed E-state index contributed by atoms with van der Waals surface area (Å²) in [5, 5.41) is 7.59. The number of aromatic nitrogens is 4. The molecule has 0 aromatic carbocycles. The molecule has 5 heterocycles. The summed E-state index contributed by atoms with van der Waals surface area (Å²) in [5.41, 5.74) is 0.830. The van der Waals surface area contributed by atoms with E-state index < -0.39 is 30.1 Å². The normalized spacial score (nSPS) is 25.8. The van der Waals surface area contributed by atoms with E-state index in [1.807, 2.05) is 6.07 Å². The number of ether oxygens (including phenoxy) is 1. The second kappa shape index (κ2) is 8.70. The van der Waals surface area contributed by atoms with E-state index in [0.29, 0.717) is 48.5 Å². The van der Waals surface area contributed by atoms with Gasteiger partial charge in [-0.05, 0) is 56.7 Å². The van der Waals surface area contributed by atoms with E-state index in [9.17, 15) is 22.8 Å². The largest absolute Gasteiger partial charge is 0.489 e. The molecule has 2 fully saturated rings. The fourth-order valence-corrected chi connectivity index (χ4v) is 5.97. The maximum absolute atomic E-state index is 13.8. The SMILES string of the molecule is O=C(CN1C(=O)C2(CCC(Oc3cnc4[nH]ncc4c3)CC2)c2ncccc21)N1CCC[C@H]1C(F)(F)F. The molecule has 1 atom stereocenters. The molecule has 1 spiro atoms. The van der Waals surface area contributed by atoms with Crippen LogP contribution < -0.4 is 9.64 Å². The Balaban J connectivity index is 1.19. The van der Waals surface area contributed by atoms with Crippen LogP contribution in [0.3, 0.4) is 0 Å². The van der Waals surface area contributed by atoms with E-state index in [1.54, 1.807) is 30.7 Å². The summed E-state index contributed by atoms with van der Waals surface area (Å²) in [6.07, 6.45) is 2.53. The van der Waals surface area contributed by atoms with Crippen LogP contribution in [0.25, 0.3) is 11.0 Å². The minimum absolute atomic E-state index is 0.0363. The maximum Gasteiger partial charge on any atom is 0.408 e. The van der Waals surface area contributed by atoms with Gasteiger partial charge in [0.1, 0.15) is 18.3 Å². The molecular formula is C25H25F3N6O3. The number of likely N-dealkylation sites (tertiary alicyclic amines) is 1. The molecule has 1 saturated heterocycles. The Kier molecular flexibility index (Phi) is 5.57. The van der Waals surface area contributed by atoms with Gasteiger partial charge in [0.25, 0.3) is 0 Å². The van der Waals surface area contributed by atoms with Crippen molar-refractivity contribution in [3.05, 3.63) is 42.5 Å². The van der Waals surface area contributed by atoms with E-state index >= 15 is 0 Å². The Morgan fingerprint density at radius 1 is 1.19 bits per heavy atom. The monoisotopic (exact) mass is 514 g/mol. The number of carbonyl (C=O) groups excluding carboxylic acids is 2. The highest BCUT2D eigenvalue weighted by Gasteiger charge is 2.55. The second-order valence-corrected chi connectivity index (χ2v) is 9.93. The second-order valence-electron chi connectivity index (χ2n) is 9.93. The van der Waals surface area contributed by atoms with Gasteiger partial charge < -0.3 is 14.5 Å². The van der Waals surface area contributed by atoms with Crippen LogP contribution in [0, 0.1) is 0 Å². The molecule has 3 aromatic rings. The van der Waals surface area contributed by atoms with Gasteiger partial charge in [-0.25, -0.2) is 4.98 Å². The fourth-order valence-electron chi connectivity index (χ4n) is 5.97. The molecule has 0 unspecified atom stereocenters. The predicted octanol–water partition coefficient (Wildman–Crippen LogP) is 3.51. The minimum Gasteiger partial charge on any atom is -0.489 e. The van der Waals surface area contributed by atoms with E-state index in [2.05, 4.69) is 20.2 Å². The first-order valence-corrected chi connectivity index (χ1v) is 12.4. The summed E-state index contributed by atoms with van der Waals surface area (Å²) in [5.74, 6) is -0.361. The number of pyridine rings is 2. The van der Waals surface area contributed by atoms with Gasteiger partial charge in [-0.1, -0.05) is 0 Å². The number of hydrogen-bond acceptors (Lipinski definition) is 6. The van der Waals surface area contributed by atoms with Gasteiger partial charge in [0.2, 0.25) is 11.8 Å². The van der Waals surface area contributed by atoms with Gasteiger partial charge >= 0.3 is 6.18 Å². The van der Waals surface area contributed by atoms with Gasteiger partial charge in [0.15, 0.2) is 5.65 Å². The summed E-state index contributed by atoms with van der Waals surface area (Å²) in [6.45, 7) is -0.392. The van der Waals surface area contributed by atoms with Crippen molar-refractivity contribution >= 4 is 28.5 Å². The smallest absolute Gasteiger partial charge is 0.408 e. The van der Waals surface area contributed by atoms with Gasteiger partial charge in [-0.2, -0.15) is 18.3 Å². The highest BCUT2D eigenvalue weighted by Crippen LogP contribution is 2.49. The quantitative estimate of drug-likeness (QED) is 0.572. The third-order valence-corrected chi connectivity index (χ3v) is 7.78. The van der Waals surface area contributed by atoms with Crippen molar-refractivity contribution < 1.29 is 27.5 Å². The number of hydrogen-bond donors (Lipinski definition) is 1. The van der Waals surface area contributed by atoms with Crippen LogP contribution in [-0.2, 0) is 15.0 Å². The maximum atomic E-state index is 13.8. The summed E-state index contributed by atoms with van der Waals surface area (Å²) in [6, 6.07) is 3.43. The summed E-state index contributed by atoms with van der Waals surface area (Å²) in [7, 11) is 0. The zero-order valence-electron chi connectivity index (χ0n) is 19.9. The zero-order chi connectivity index (χ0) is 25.8. The standard InChI is InChI=1S/C25H25F3N6O3/c26-25(27,28)19-4-2-10-33(19)20(35)14-34-18-3-1-9-29-21(18)24(23(34)36)7-5-16(6-8-24)37-17-11-15-12-31-32-22(15)30-13-17/h1,3,9,11-13,16,19H,2,4-8,10,14H2,(H,30,31,32)/t16?,19-,24?/m0/s1. The highest BCUT2D eigenvalue weighted by atomic mass is 19.4. The Hall–Kier alpha value is -3.70. The number of carbonyl (C=O) groups is 2. The molecule has 1 N–H and O–H groups in total. The Morgan fingerprint density at radius 3 is 2.78 bits per heavy atom. The zero-order valence-corrected chi connectivity index (χ0v) is 19.9. The molecule has 6 rings (SSSR count). The Labute approximate surface area is 210 Å². The molecule has 0 radical (unpaired) electrons. The van der Waals surface area contributed by atoms with E-state index in [4.69, 9.17) is 4.74 Å². The highest BCUT2D eigenvalue weighted by molar-refractivity contribution is 6.10. The lowest BCUT2D eigenvalue weighted by atomic mass is 9.71. The van der Waals surface area contributed by atoms with Gasteiger partial charge in [-0.15, -0.1) is 0 Å². The lowest BCUT2D eigenvalue weighted by Crippen LogP contribution is -2.51. The van der Waals surface area contributed by atoms with Crippen molar-refractivity contribution in [2.75, 3.05) is 18.0 Å². The van der Waals surface area contributed by atoms with Crippen LogP contribution in [-0.4, -0.2) is 68.3 Å². The first-order valence-electron chi connectivity index (χ1n) is 12.4. The van der Waals surface area contributed by atoms with Crippen LogP contribution in [0.2, 0.25) is 0 Å². The molecule has 9 nitrogen and oxygen atoms in total. The van der Waals surface area contributed by atoms with Crippen molar-refractivity contribution in [2.45, 2.75) is 62.3 Å². The minimum atomic E-state index is -4.49. The molecule has 2 aliphatic heterocycles. The average molecular weight is 515 g/mol. The number of alkyl halides is 3. The molecule has 37 heavy (non-hydrogen) atoms. The number of H-pyrrole nitrogens is 1. The van der Waals surface area contributed by atoms with Crippen molar-refractivity contribution in [3.63, 3.8) is 0 Å². The fraction of sp³-hybridized carbons (Fsp3) is 0.480. The summed E-state index contributed by atoms with van der Waals surface area (Å²) >= 11 is 0. The van der Waals surface area contributed by atoms with Gasteiger partial charge in [0, 0.05) is 18.1 Å².